The fourth-order valence-electron chi connectivity index (χ4n) is 1.94. The van der Waals surface area contributed by atoms with Crippen LogP contribution in [0.1, 0.15) is 26.7 Å². The number of hydrogen-bond acceptors (Lipinski definition) is 2. The second-order valence-corrected chi connectivity index (χ2v) is 4.28. The molecule has 1 atom stereocenters. The average molecular weight is 157 g/mol. The van der Waals surface area contributed by atoms with Gasteiger partial charge in [0, 0.05) is 18.7 Å². The molecule has 0 aromatic rings. The van der Waals surface area contributed by atoms with Crippen molar-refractivity contribution >= 4 is 0 Å². The first-order valence-electron chi connectivity index (χ1n) is 4.38. The van der Waals surface area contributed by atoms with E-state index in [1.807, 2.05) is 0 Å². The quantitative estimate of drug-likeness (QED) is 0.649. The number of aliphatic hydroxyl groups is 1. The molecule has 0 aromatic carbocycles. The Morgan fingerprint density at radius 2 is 2.18 bits per heavy atom. The van der Waals surface area contributed by atoms with Gasteiger partial charge in [-0.1, -0.05) is 0 Å². The predicted molar refractivity (Wildman–Crippen MR) is 46.5 cm³/mol. The molecule has 66 valence electrons. The highest BCUT2D eigenvalue weighted by Gasteiger charge is 2.34. The van der Waals surface area contributed by atoms with Crippen molar-refractivity contribution in [1.82, 2.24) is 4.90 Å². The van der Waals surface area contributed by atoms with Crippen LogP contribution in [0.4, 0.5) is 0 Å². The van der Waals surface area contributed by atoms with Gasteiger partial charge in [0.15, 0.2) is 0 Å². The first-order chi connectivity index (χ1) is 5.06. The molecular weight excluding hydrogens is 138 g/mol. The maximum absolute atomic E-state index is 8.76. The Balaban J connectivity index is 2.43. The summed E-state index contributed by atoms with van der Waals surface area (Å²) in [6.45, 7) is 6.02. The number of hydrogen-bond donors (Lipinski definition) is 1. The summed E-state index contributed by atoms with van der Waals surface area (Å²) in [6.07, 6.45) is 2.19. The molecule has 0 amide bonds. The first-order valence-corrected chi connectivity index (χ1v) is 4.38. The van der Waals surface area contributed by atoms with Gasteiger partial charge < -0.3 is 10.0 Å². The van der Waals surface area contributed by atoms with Crippen molar-refractivity contribution in [3.05, 3.63) is 0 Å². The molecule has 0 spiro atoms. The highest BCUT2D eigenvalue weighted by Crippen LogP contribution is 2.32. The highest BCUT2D eigenvalue weighted by molar-refractivity contribution is 4.90. The molecule has 1 N–H and O–H groups in total. The van der Waals surface area contributed by atoms with Gasteiger partial charge in [0.05, 0.1) is 0 Å². The fraction of sp³-hybridized carbons (Fsp3) is 1.00. The van der Waals surface area contributed by atoms with Crippen molar-refractivity contribution < 1.29 is 5.11 Å². The van der Waals surface area contributed by atoms with E-state index in [2.05, 4.69) is 25.8 Å². The van der Waals surface area contributed by atoms with Crippen molar-refractivity contribution in [3.63, 3.8) is 0 Å². The molecule has 0 radical (unpaired) electrons. The van der Waals surface area contributed by atoms with Gasteiger partial charge in [-0.15, -0.1) is 0 Å². The second-order valence-electron chi connectivity index (χ2n) is 4.28. The Labute approximate surface area is 69.2 Å². The SMILES string of the molecule is CN1CC(CCO)CC1(C)C. The number of aliphatic hydroxyl groups excluding tert-OH is 1. The summed E-state index contributed by atoms with van der Waals surface area (Å²) >= 11 is 0. The molecule has 0 aliphatic carbocycles. The van der Waals surface area contributed by atoms with E-state index < -0.39 is 0 Å². The van der Waals surface area contributed by atoms with Crippen LogP contribution in [-0.2, 0) is 0 Å². The minimum Gasteiger partial charge on any atom is -0.396 e. The van der Waals surface area contributed by atoms with Crippen LogP contribution in [0.15, 0.2) is 0 Å². The third-order valence-electron chi connectivity index (χ3n) is 2.89. The summed E-state index contributed by atoms with van der Waals surface area (Å²) in [5.41, 5.74) is 0.347. The lowest BCUT2D eigenvalue weighted by atomic mass is 9.95. The summed E-state index contributed by atoms with van der Waals surface area (Å²) in [6, 6.07) is 0. The van der Waals surface area contributed by atoms with Crippen LogP contribution in [-0.4, -0.2) is 35.7 Å². The van der Waals surface area contributed by atoms with Gasteiger partial charge in [-0.2, -0.15) is 0 Å². The van der Waals surface area contributed by atoms with Gasteiger partial charge in [-0.3, -0.25) is 0 Å². The van der Waals surface area contributed by atoms with Crippen molar-refractivity contribution in [3.8, 4) is 0 Å². The second kappa shape index (κ2) is 3.11. The van der Waals surface area contributed by atoms with Gasteiger partial charge in [-0.05, 0) is 39.7 Å². The third-order valence-corrected chi connectivity index (χ3v) is 2.89. The minimum atomic E-state index is 0.342. The molecule has 1 rings (SSSR count). The molecule has 0 aromatic heterocycles. The summed E-state index contributed by atoms with van der Waals surface area (Å²) in [7, 11) is 2.16. The molecule has 1 saturated heterocycles. The van der Waals surface area contributed by atoms with Crippen LogP contribution < -0.4 is 0 Å². The largest absolute Gasteiger partial charge is 0.396 e. The van der Waals surface area contributed by atoms with Crippen LogP contribution in [0.5, 0.6) is 0 Å². The maximum atomic E-state index is 8.76. The number of rotatable bonds is 2. The number of nitrogens with zero attached hydrogens (tertiary/aromatic N) is 1. The van der Waals surface area contributed by atoms with Gasteiger partial charge in [0.1, 0.15) is 0 Å². The van der Waals surface area contributed by atoms with E-state index >= 15 is 0 Å². The van der Waals surface area contributed by atoms with E-state index in [0.717, 1.165) is 13.0 Å². The van der Waals surface area contributed by atoms with Crippen molar-refractivity contribution in [2.75, 3.05) is 20.2 Å². The van der Waals surface area contributed by atoms with E-state index in [1.165, 1.54) is 6.42 Å². The van der Waals surface area contributed by atoms with Crippen molar-refractivity contribution in [2.45, 2.75) is 32.2 Å². The van der Waals surface area contributed by atoms with Crippen LogP contribution in [0.25, 0.3) is 0 Å². The van der Waals surface area contributed by atoms with Gasteiger partial charge in [0.25, 0.3) is 0 Å². The molecular formula is C9H19NO. The van der Waals surface area contributed by atoms with Crippen molar-refractivity contribution in [2.24, 2.45) is 5.92 Å². The van der Waals surface area contributed by atoms with E-state index in [1.54, 1.807) is 0 Å². The lowest BCUT2D eigenvalue weighted by Gasteiger charge is -2.26. The Bertz CT molecular complexity index is 134. The molecule has 2 nitrogen and oxygen atoms in total. The zero-order chi connectivity index (χ0) is 8.48. The highest BCUT2D eigenvalue weighted by atomic mass is 16.3. The molecule has 2 heteroatoms. The zero-order valence-electron chi connectivity index (χ0n) is 7.80. The first kappa shape index (κ1) is 9.01. The lowest BCUT2D eigenvalue weighted by Crippen LogP contribution is -2.34. The fourth-order valence-corrected chi connectivity index (χ4v) is 1.94. The predicted octanol–water partition coefficient (Wildman–Crippen LogP) is 1.10. The monoisotopic (exact) mass is 157 g/mol. The van der Waals surface area contributed by atoms with E-state index in [9.17, 15) is 0 Å². The van der Waals surface area contributed by atoms with Gasteiger partial charge >= 0.3 is 0 Å². The normalized spacial score (nSPS) is 31.1. The van der Waals surface area contributed by atoms with Crippen LogP contribution >= 0.6 is 0 Å². The molecule has 1 fully saturated rings. The third kappa shape index (κ3) is 1.94. The zero-order valence-corrected chi connectivity index (χ0v) is 7.80. The Kier molecular flexibility index (Phi) is 2.55. The van der Waals surface area contributed by atoms with Crippen molar-refractivity contribution in [1.29, 1.82) is 0 Å². The topological polar surface area (TPSA) is 23.5 Å². The Morgan fingerprint density at radius 1 is 1.55 bits per heavy atom. The Morgan fingerprint density at radius 3 is 2.55 bits per heavy atom. The van der Waals surface area contributed by atoms with Crippen LogP contribution in [0.2, 0.25) is 0 Å². The van der Waals surface area contributed by atoms with E-state index in [0.29, 0.717) is 18.1 Å². The summed E-state index contributed by atoms with van der Waals surface area (Å²) in [5.74, 6) is 0.708. The molecule has 1 aliphatic heterocycles. The maximum Gasteiger partial charge on any atom is 0.0434 e. The van der Waals surface area contributed by atoms with Crippen LogP contribution in [0.3, 0.4) is 0 Å². The molecule has 0 bridgehead atoms. The van der Waals surface area contributed by atoms with Gasteiger partial charge in [-0.25, -0.2) is 0 Å². The average Bonchev–Trinajstić information content (AvgIpc) is 2.08. The summed E-state index contributed by atoms with van der Waals surface area (Å²) in [5, 5.41) is 8.76. The smallest absolute Gasteiger partial charge is 0.0434 e. The number of likely N-dealkylation sites (tertiary alicyclic amines) is 1. The van der Waals surface area contributed by atoms with Gasteiger partial charge in [0.2, 0.25) is 0 Å². The molecule has 1 aliphatic rings. The van der Waals surface area contributed by atoms with E-state index in [4.69, 9.17) is 5.11 Å². The Hall–Kier alpha value is -0.0800. The lowest BCUT2D eigenvalue weighted by molar-refractivity contribution is 0.218. The molecule has 0 saturated carbocycles. The summed E-state index contributed by atoms with van der Waals surface area (Å²) in [4.78, 5) is 2.38. The molecule has 1 heterocycles. The minimum absolute atomic E-state index is 0.342. The van der Waals surface area contributed by atoms with Crippen LogP contribution in [0, 0.1) is 5.92 Å². The van der Waals surface area contributed by atoms with E-state index in [-0.39, 0.29) is 0 Å². The summed E-state index contributed by atoms with van der Waals surface area (Å²) < 4.78 is 0. The molecule has 1 unspecified atom stereocenters. The molecule has 11 heavy (non-hydrogen) atoms. The standard InChI is InChI=1S/C9H19NO/c1-9(2)6-8(4-5-11)7-10(9)3/h8,11H,4-7H2,1-3H3.